The predicted octanol–water partition coefficient (Wildman–Crippen LogP) is -2.76. The normalized spacial score (nSPS) is 13.5. The molecule has 0 aliphatic carbocycles. The van der Waals surface area contributed by atoms with Crippen LogP contribution in [0, 0.1) is 0 Å². The van der Waals surface area contributed by atoms with Crippen molar-refractivity contribution in [3.8, 4) is 0 Å². The van der Waals surface area contributed by atoms with E-state index in [-0.39, 0.29) is 9.13 Å². The highest BCUT2D eigenvalue weighted by Crippen LogP contribution is 2.03. The maximum absolute atomic E-state index is 12.3. The number of rotatable bonds is 8. The molecule has 0 aromatic carbocycles. The minimum Gasteiger partial charge on any atom is -0.480 e. The quantitative estimate of drug-likeness (QED) is 0.456. The summed E-state index contributed by atoms with van der Waals surface area (Å²) in [6.07, 6.45) is 0. The molecule has 0 aliphatic heterocycles. The predicted molar refractivity (Wildman–Crippen MR) is 72.7 cm³/mol. The van der Waals surface area contributed by atoms with E-state index in [1.54, 1.807) is 4.98 Å². The van der Waals surface area contributed by atoms with Crippen LogP contribution in [-0.4, -0.2) is 63.7 Å². The number of hydrogen-bond donors (Lipinski definition) is 3. The molecule has 0 aliphatic rings. The zero-order chi connectivity index (χ0) is 17.7. The van der Waals surface area contributed by atoms with Crippen LogP contribution in [0.5, 0.6) is 0 Å². The number of carbonyl (C=O) groups is 2. The van der Waals surface area contributed by atoms with E-state index in [2.05, 4.69) is 9.47 Å². The molecule has 0 bridgehead atoms. The number of carboxylic acid groups (broad SMARTS) is 2. The summed E-state index contributed by atoms with van der Waals surface area (Å²) in [6, 6.07) is -3.47. The van der Waals surface area contributed by atoms with E-state index in [0.717, 1.165) is 14.2 Å². The minimum absolute atomic E-state index is 0.207. The summed E-state index contributed by atoms with van der Waals surface area (Å²) in [5.41, 5.74) is -3.97. The second-order valence-electron chi connectivity index (χ2n) is 4.38. The van der Waals surface area contributed by atoms with Crippen molar-refractivity contribution in [3.05, 3.63) is 31.5 Å². The molecule has 1 heterocycles. The van der Waals surface area contributed by atoms with E-state index in [1.807, 2.05) is 0 Å². The minimum atomic E-state index is -1.74. The fourth-order valence-corrected chi connectivity index (χ4v) is 1.88. The molecule has 2 unspecified atom stereocenters. The van der Waals surface area contributed by atoms with Gasteiger partial charge >= 0.3 is 29.0 Å². The number of methoxy groups -OCH3 is 2. The Balaban J connectivity index is 3.70. The molecular formula is C11H15N3O9. The highest BCUT2D eigenvalue weighted by molar-refractivity contribution is 5.72. The Hall–Kier alpha value is -2.73. The monoisotopic (exact) mass is 333 g/mol. The summed E-state index contributed by atoms with van der Waals surface area (Å²) < 4.78 is 9.68. The maximum Gasteiger partial charge on any atom is 0.338 e. The second-order valence-corrected chi connectivity index (χ2v) is 4.38. The molecule has 3 N–H and O–H groups in total. The number of hydrogen-bond acceptors (Lipinski definition) is 7. The van der Waals surface area contributed by atoms with Crippen LogP contribution in [0.2, 0.25) is 0 Å². The third kappa shape index (κ3) is 3.73. The summed E-state index contributed by atoms with van der Waals surface area (Å²) in [5, 5.41) is 18.2. The van der Waals surface area contributed by atoms with Crippen molar-refractivity contribution in [1.29, 1.82) is 0 Å². The summed E-state index contributed by atoms with van der Waals surface area (Å²) in [4.78, 5) is 60.0. The first-order chi connectivity index (χ1) is 10.8. The van der Waals surface area contributed by atoms with Gasteiger partial charge in [0.25, 0.3) is 0 Å². The summed E-state index contributed by atoms with van der Waals surface area (Å²) >= 11 is 0. The molecule has 12 nitrogen and oxygen atoms in total. The van der Waals surface area contributed by atoms with Crippen LogP contribution >= 0.6 is 0 Å². The molecule has 128 valence electrons. The molecular weight excluding hydrogens is 318 g/mol. The molecule has 2 atom stereocenters. The summed E-state index contributed by atoms with van der Waals surface area (Å²) in [5.74, 6) is -3.13. The summed E-state index contributed by atoms with van der Waals surface area (Å²) in [7, 11) is 2.30. The average molecular weight is 333 g/mol. The number of carboxylic acids is 2. The topological polar surface area (TPSA) is 170 Å². The smallest absolute Gasteiger partial charge is 0.338 e. The van der Waals surface area contributed by atoms with Crippen LogP contribution in [0.25, 0.3) is 0 Å². The zero-order valence-electron chi connectivity index (χ0n) is 12.2. The van der Waals surface area contributed by atoms with Crippen molar-refractivity contribution in [3.63, 3.8) is 0 Å². The Morgan fingerprint density at radius 2 is 1.30 bits per heavy atom. The molecule has 0 saturated heterocycles. The first-order valence-corrected chi connectivity index (χ1v) is 6.17. The van der Waals surface area contributed by atoms with Gasteiger partial charge in [0, 0.05) is 14.2 Å². The van der Waals surface area contributed by atoms with Crippen LogP contribution in [0.15, 0.2) is 14.4 Å². The lowest BCUT2D eigenvalue weighted by atomic mass is 10.3. The summed E-state index contributed by atoms with van der Waals surface area (Å²) in [6.45, 7) is -1.09. The number of aromatic amines is 1. The Labute approximate surface area is 127 Å². The van der Waals surface area contributed by atoms with Crippen molar-refractivity contribution in [1.82, 2.24) is 14.1 Å². The van der Waals surface area contributed by atoms with Crippen LogP contribution in [0.3, 0.4) is 0 Å². The molecule has 0 spiro atoms. The lowest BCUT2D eigenvalue weighted by Crippen LogP contribution is -2.55. The first kappa shape index (κ1) is 18.3. The number of ether oxygens (including phenoxy) is 2. The first-order valence-electron chi connectivity index (χ1n) is 6.17. The van der Waals surface area contributed by atoms with Crippen molar-refractivity contribution >= 4 is 11.9 Å². The van der Waals surface area contributed by atoms with Crippen LogP contribution in [0.1, 0.15) is 12.1 Å². The number of nitrogens with zero attached hydrogens (tertiary/aromatic N) is 2. The van der Waals surface area contributed by atoms with Gasteiger partial charge in [-0.3, -0.25) is 4.98 Å². The molecule has 1 aromatic heterocycles. The number of aliphatic carboxylic acids is 2. The Morgan fingerprint density at radius 3 is 1.57 bits per heavy atom. The van der Waals surface area contributed by atoms with Crippen molar-refractivity contribution in [2.45, 2.75) is 12.1 Å². The zero-order valence-corrected chi connectivity index (χ0v) is 12.2. The van der Waals surface area contributed by atoms with Crippen LogP contribution in [-0.2, 0) is 19.1 Å². The Kier molecular flexibility index (Phi) is 5.98. The van der Waals surface area contributed by atoms with Crippen LogP contribution < -0.4 is 17.1 Å². The van der Waals surface area contributed by atoms with Gasteiger partial charge in [-0.15, -0.1) is 0 Å². The second kappa shape index (κ2) is 7.51. The van der Waals surface area contributed by atoms with E-state index in [4.69, 9.17) is 10.2 Å². The van der Waals surface area contributed by atoms with Gasteiger partial charge in [0.2, 0.25) is 0 Å². The van der Waals surface area contributed by atoms with Gasteiger partial charge in [-0.25, -0.2) is 33.1 Å². The number of aromatic nitrogens is 3. The SMILES string of the molecule is COCC(C(=O)O)n1c(=O)[nH]c(=O)n(C(COC)C(=O)O)c1=O. The highest BCUT2D eigenvalue weighted by Gasteiger charge is 2.30. The van der Waals surface area contributed by atoms with Gasteiger partial charge < -0.3 is 19.7 Å². The van der Waals surface area contributed by atoms with Crippen molar-refractivity contribution in [2.24, 2.45) is 0 Å². The van der Waals surface area contributed by atoms with Crippen molar-refractivity contribution < 1.29 is 29.3 Å². The average Bonchev–Trinajstić information content (AvgIpc) is 2.44. The van der Waals surface area contributed by atoms with E-state index in [9.17, 15) is 24.0 Å². The van der Waals surface area contributed by atoms with Gasteiger partial charge in [0.15, 0.2) is 12.1 Å². The Morgan fingerprint density at radius 1 is 0.957 bits per heavy atom. The molecule has 12 heteroatoms. The van der Waals surface area contributed by atoms with E-state index >= 15 is 0 Å². The molecule has 0 amide bonds. The van der Waals surface area contributed by atoms with Gasteiger partial charge in [-0.1, -0.05) is 0 Å². The van der Waals surface area contributed by atoms with Gasteiger partial charge in [0.1, 0.15) is 0 Å². The van der Waals surface area contributed by atoms with E-state index < -0.39 is 54.3 Å². The van der Waals surface area contributed by atoms with Gasteiger partial charge in [-0.05, 0) is 0 Å². The molecule has 0 radical (unpaired) electrons. The molecule has 0 fully saturated rings. The largest absolute Gasteiger partial charge is 0.480 e. The fraction of sp³-hybridized carbons (Fsp3) is 0.545. The number of nitrogens with one attached hydrogen (secondary N) is 1. The molecule has 1 rings (SSSR count). The van der Waals surface area contributed by atoms with E-state index in [0.29, 0.717) is 0 Å². The van der Waals surface area contributed by atoms with Crippen molar-refractivity contribution in [2.75, 3.05) is 27.4 Å². The van der Waals surface area contributed by atoms with Gasteiger partial charge in [0.05, 0.1) is 13.2 Å². The fourth-order valence-electron chi connectivity index (χ4n) is 1.88. The van der Waals surface area contributed by atoms with E-state index in [1.165, 1.54) is 0 Å². The maximum atomic E-state index is 12.3. The van der Waals surface area contributed by atoms with Crippen LogP contribution in [0.4, 0.5) is 0 Å². The highest BCUT2D eigenvalue weighted by atomic mass is 16.5. The molecule has 0 saturated carbocycles. The van der Waals surface area contributed by atoms with Gasteiger partial charge in [-0.2, -0.15) is 0 Å². The molecule has 23 heavy (non-hydrogen) atoms. The third-order valence-electron chi connectivity index (χ3n) is 2.91. The third-order valence-corrected chi connectivity index (χ3v) is 2.91. The lowest BCUT2D eigenvalue weighted by Gasteiger charge is -2.18. The molecule has 1 aromatic rings. The lowest BCUT2D eigenvalue weighted by molar-refractivity contribution is -0.142. The Bertz CT molecular complexity index is 700. The standard InChI is InChI=1S/C11H15N3O9/c1-22-3-5(7(15)16)13-9(19)12-10(20)14(11(13)21)6(4-23-2)8(17)18/h5-6H,3-4H2,1-2H3,(H,15,16)(H,17,18)(H,12,19,20). The number of H-pyrrole nitrogens is 1.